The number of anilines is 1. The predicted octanol–water partition coefficient (Wildman–Crippen LogP) is 6.73. The number of hydrogen-bond donors (Lipinski definition) is 1. The Hall–Kier alpha value is -4.24. The molecule has 0 aliphatic rings. The molecule has 0 radical (unpaired) electrons. The lowest BCUT2D eigenvalue weighted by atomic mass is 10.0. The summed E-state index contributed by atoms with van der Waals surface area (Å²) in [5, 5.41) is 0. The van der Waals surface area contributed by atoms with Gasteiger partial charge in [0.25, 0.3) is 0 Å². The Labute approximate surface area is 181 Å². The highest BCUT2D eigenvalue weighted by molar-refractivity contribution is 5.74. The smallest absolute Gasteiger partial charge is 0.160 e. The van der Waals surface area contributed by atoms with Crippen LogP contribution in [0, 0.1) is 0 Å². The van der Waals surface area contributed by atoms with E-state index in [1.807, 2.05) is 72.8 Å². The lowest BCUT2D eigenvalue weighted by Gasteiger charge is -2.10. The molecule has 1 heterocycles. The van der Waals surface area contributed by atoms with E-state index in [0.29, 0.717) is 0 Å². The Morgan fingerprint density at radius 3 is 1.39 bits per heavy atom. The molecule has 3 nitrogen and oxygen atoms in total. The number of rotatable bonds is 4. The van der Waals surface area contributed by atoms with E-state index in [4.69, 9.17) is 15.7 Å². The van der Waals surface area contributed by atoms with Crippen LogP contribution in [0.4, 0.5) is 5.69 Å². The van der Waals surface area contributed by atoms with Crippen LogP contribution in [-0.4, -0.2) is 9.97 Å². The molecule has 0 aliphatic heterocycles. The fourth-order valence-corrected chi connectivity index (χ4v) is 3.58. The minimum atomic E-state index is 0.722. The largest absolute Gasteiger partial charge is 0.399 e. The molecule has 2 N–H and O–H groups in total. The van der Waals surface area contributed by atoms with Crippen molar-refractivity contribution in [2.75, 3.05) is 5.73 Å². The second-order valence-corrected chi connectivity index (χ2v) is 7.39. The summed E-state index contributed by atoms with van der Waals surface area (Å²) in [5.74, 6) is 0.722. The summed E-state index contributed by atoms with van der Waals surface area (Å²) in [6, 6.07) is 38.7. The van der Waals surface area contributed by atoms with Crippen LogP contribution in [0.25, 0.3) is 45.0 Å². The van der Waals surface area contributed by atoms with E-state index in [2.05, 4.69) is 42.5 Å². The lowest BCUT2D eigenvalue weighted by Crippen LogP contribution is -1.95. The Morgan fingerprint density at radius 2 is 0.839 bits per heavy atom. The second-order valence-electron chi connectivity index (χ2n) is 7.39. The fraction of sp³-hybridized carbons (Fsp3) is 0. The van der Waals surface area contributed by atoms with E-state index < -0.39 is 0 Å². The van der Waals surface area contributed by atoms with Crippen LogP contribution in [0.3, 0.4) is 0 Å². The van der Waals surface area contributed by atoms with Crippen molar-refractivity contribution in [3.05, 3.63) is 115 Å². The third kappa shape index (κ3) is 4.07. The van der Waals surface area contributed by atoms with E-state index in [9.17, 15) is 0 Å². The van der Waals surface area contributed by atoms with Crippen molar-refractivity contribution >= 4 is 5.69 Å². The van der Waals surface area contributed by atoms with Gasteiger partial charge in [0.1, 0.15) is 0 Å². The van der Waals surface area contributed by atoms with Gasteiger partial charge in [-0.1, -0.05) is 97.1 Å². The highest BCUT2D eigenvalue weighted by Gasteiger charge is 2.10. The van der Waals surface area contributed by atoms with Gasteiger partial charge in [0.15, 0.2) is 5.82 Å². The number of nitrogens with zero attached hydrogens (tertiary/aromatic N) is 2. The van der Waals surface area contributed by atoms with E-state index in [1.54, 1.807) is 0 Å². The molecule has 148 valence electrons. The Morgan fingerprint density at radius 1 is 0.419 bits per heavy atom. The van der Waals surface area contributed by atoms with Crippen molar-refractivity contribution in [1.29, 1.82) is 0 Å². The highest BCUT2D eigenvalue weighted by Crippen LogP contribution is 2.29. The zero-order valence-corrected chi connectivity index (χ0v) is 16.9. The number of nitrogen functional groups attached to an aromatic ring is 1. The summed E-state index contributed by atoms with van der Waals surface area (Å²) in [6.07, 6.45) is 0. The number of nitrogens with two attached hydrogens (primary N) is 1. The van der Waals surface area contributed by atoms with Gasteiger partial charge in [-0.15, -0.1) is 0 Å². The number of aromatic nitrogens is 2. The topological polar surface area (TPSA) is 51.8 Å². The van der Waals surface area contributed by atoms with Gasteiger partial charge in [-0.3, -0.25) is 0 Å². The molecule has 1 aromatic heterocycles. The molecule has 0 bridgehead atoms. The van der Waals surface area contributed by atoms with Crippen LogP contribution in [0.1, 0.15) is 0 Å². The standard InChI is InChI=1S/C28H21N3/c29-25-17-15-21(16-18-25)20-11-13-23(14-12-20)27-19-26(22-7-3-1-4-8-22)30-28(31-27)24-9-5-2-6-10-24/h1-19H,29H2. The Bertz CT molecular complexity index is 1240. The van der Waals surface area contributed by atoms with Crippen LogP contribution in [-0.2, 0) is 0 Å². The third-order valence-electron chi connectivity index (χ3n) is 5.25. The molecule has 0 spiro atoms. The van der Waals surface area contributed by atoms with Gasteiger partial charge in [-0.2, -0.15) is 0 Å². The highest BCUT2D eigenvalue weighted by atomic mass is 14.9. The summed E-state index contributed by atoms with van der Waals surface area (Å²) in [7, 11) is 0. The molecule has 5 rings (SSSR count). The average molecular weight is 399 g/mol. The Kier molecular flexibility index (Phi) is 4.99. The van der Waals surface area contributed by atoms with Gasteiger partial charge in [0.05, 0.1) is 11.4 Å². The maximum absolute atomic E-state index is 5.81. The van der Waals surface area contributed by atoms with Crippen molar-refractivity contribution in [2.45, 2.75) is 0 Å². The third-order valence-corrected chi connectivity index (χ3v) is 5.25. The molecule has 0 atom stereocenters. The molecule has 4 aromatic carbocycles. The molecule has 0 saturated carbocycles. The van der Waals surface area contributed by atoms with Crippen LogP contribution in [0.5, 0.6) is 0 Å². The van der Waals surface area contributed by atoms with Crippen molar-refractivity contribution in [1.82, 2.24) is 9.97 Å². The predicted molar refractivity (Wildman–Crippen MR) is 128 cm³/mol. The first kappa shape index (κ1) is 18.8. The molecular weight excluding hydrogens is 378 g/mol. The molecular formula is C28H21N3. The van der Waals surface area contributed by atoms with Gasteiger partial charge in [0, 0.05) is 22.4 Å². The average Bonchev–Trinajstić information content (AvgIpc) is 2.85. The summed E-state index contributed by atoms with van der Waals surface area (Å²) in [4.78, 5) is 9.74. The molecule has 5 aromatic rings. The quantitative estimate of drug-likeness (QED) is 0.341. The van der Waals surface area contributed by atoms with Gasteiger partial charge in [-0.25, -0.2) is 9.97 Å². The molecule has 0 aliphatic carbocycles. The first-order valence-corrected chi connectivity index (χ1v) is 10.2. The molecule has 3 heteroatoms. The molecule has 31 heavy (non-hydrogen) atoms. The lowest BCUT2D eigenvalue weighted by molar-refractivity contribution is 1.18. The maximum atomic E-state index is 5.81. The van der Waals surface area contributed by atoms with Crippen molar-refractivity contribution in [2.24, 2.45) is 0 Å². The van der Waals surface area contributed by atoms with Gasteiger partial charge < -0.3 is 5.73 Å². The van der Waals surface area contributed by atoms with E-state index in [-0.39, 0.29) is 0 Å². The number of benzene rings is 4. The summed E-state index contributed by atoms with van der Waals surface area (Å²) < 4.78 is 0. The molecule has 0 saturated heterocycles. The van der Waals surface area contributed by atoms with E-state index >= 15 is 0 Å². The van der Waals surface area contributed by atoms with Gasteiger partial charge >= 0.3 is 0 Å². The van der Waals surface area contributed by atoms with Gasteiger partial charge in [0.2, 0.25) is 0 Å². The normalized spacial score (nSPS) is 10.7. The minimum absolute atomic E-state index is 0.722. The molecule has 0 amide bonds. The van der Waals surface area contributed by atoms with Crippen molar-refractivity contribution in [3.8, 4) is 45.0 Å². The van der Waals surface area contributed by atoms with Crippen LogP contribution >= 0.6 is 0 Å². The minimum Gasteiger partial charge on any atom is -0.399 e. The summed E-state index contributed by atoms with van der Waals surface area (Å²) in [5.41, 5.74) is 13.8. The summed E-state index contributed by atoms with van der Waals surface area (Å²) in [6.45, 7) is 0. The molecule has 0 unspecified atom stereocenters. The van der Waals surface area contributed by atoms with Crippen LogP contribution in [0.2, 0.25) is 0 Å². The van der Waals surface area contributed by atoms with Gasteiger partial charge in [-0.05, 0) is 29.3 Å². The second kappa shape index (κ2) is 8.25. The zero-order chi connectivity index (χ0) is 21.0. The van der Waals surface area contributed by atoms with Crippen LogP contribution in [0.15, 0.2) is 115 Å². The number of hydrogen-bond acceptors (Lipinski definition) is 3. The first-order valence-electron chi connectivity index (χ1n) is 10.2. The van der Waals surface area contributed by atoms with Crippen molar-refractivity contribution in [3.63, 3.8) is 0 Å². The zero-order valence-electron chi connectivity index (χ0n) is 16.9. The SMILES string of the molecule is Nc1ccc(-c2ccc(-c3cc(-c4ccccc4)nc(-c4ccccc4)n3)cc2)cc1. The van der Waals surface area contributed by atoms with E-state index in [1.165, 1.54) is 0 Å². The van der Waals surface area contributed by atoms with Crippen LogP contribution < -0.4 is 5.73 Å². The molecule has 0 fully saturated rings. The fourth-order valence-electron chi connectivity index (χ4n) is 3.58. The summed E-state index contributed by atoms with van der Waals surface area (Å²) >= 11 is 0. The monoisotopic (exact) mass is 399 g/mol. The Balaban J connectivity index is 1.58. The van der Waals surface area contributed by atoms with Crippen molar-refractivity contribution < 1.29 is 0 Å². The first-order chi connectivity index (χ1) is 15.3. The maximum Gasteiger partial charge on any atom is 0.160 e. The van der Waals surface area contributed by atoms with E-state index in [0.717, 1.165) is 50.7 Å².